The zero-order valence-electron chi connectivity index (χ0n) is 17.6. The second kappa shape index (κ2) is 10.6. The summed E-state index contributed by atoms with van der Waals surface area (Å²) in [6, 6.07) is 10.5. The van der Waals surface area contributed by atoms with Crippen molar-refractivity contribution in [2.45, 2.75) is 32.4 Å². The van der Waals surface area contributed by atoms with E-state index in [4.69, 9.17) is 4.98 Å². The van der Waals surface area contributed by atoms with Gasteiger partial charge in [-0.05, 0) is 24.1 Å². The molecule has 158 valence electrons. The van der Waals surface area contributed by atoms with E-state index in [1.54, 1.807) is 7.05 Å². The number of rotatable bonds is 5. The number of benzene rings is 1. The lowest BCUT2D eigenvalue weighted by atomic mass is 10.1. The summed E-state index contributed by atoms with van der Waals surface area (Å²) in [7, 11) is 5.77. The van der Waals surface area contributed by atoms with Crippen molar-refractivity contribution in [1.82, 2.24) is 20.5 Å². The number of aromatic nitrogens is 1. The van der Waals surface area contributed by atoms with Crippen LogP contribution in [0.15, 0.2) is 35.3 Å². The number of pyridine rings is 1. The molecule has 0 bridgehead atoms. The summed E-state index contributed by atoms with van der Waals surface area (Å²) in [6.45, 7) is 4.09. The normalized spacial score (nSPS) is 16.5. The third-order valence-corrected chi connectivity index (χ3v) is 5.10. The number of carbonyl (C=O) groups is 1. The molecule has 1 atom stereocenters. The molecule has 1 amide bonds. The van der Waals surface area contributed by atoms with E-state index >= 15 is 0 Å². The molecule has 1 aliphatic rings. The molecule has 2 heterocycles. The number of likely N-dealkylation sites (tertiary alicyclic amines) is 1. The van der Waals surface area contributed by atoms with Crippen LogP contribution in [0.5, 0.6) is 0 Å². The first kappa shape index (κ1) is 23.2. The summed E-state index contributed by atoms with van der Waals surface area (Å²) in [6.07, 6.45) is 1.50. The zero-order valence-corrected chi connectivity index (χ0v) is 19.9. The number of fused-ring (bicyclic) bond motifs is 1. The van der Waals surface area contributed by atoms with E-state index in [-0.39, 0.29) is 35.9 Å². The smallest absolute Gasteiger partial charge is 0.222 e. The Labute approximate surface area is 190 Å². The third kappa shape index (κ3) is 5.71. The van der Waals surface area contributed by atoms with Crippen LogP contribution in [0.4, 0.5) is 5.82 Å². The molecule has 0 aliphatic carbocycles. The van der Waals surface area contributed by atoms with Crippen molar-refractivity contribution in [3.05, 3.63) is 35.9 Å². The Balaban J connectivity index is 0.00000300. The minimum Gasteiger partial charge on any atom is -0.363 e. The minimum atomic E-state index is 0. The molecule has 1 aliphatic heterocycles. The molecule has 0 spiro atoms. The quantitative estimate of drug-likeness (QED) is 0.368. The fourth-order valence-electron chi connectivity index (χ4n) is 3.50. The van der Waals surface area contributed by atoms with Crippen LogP contribution in [0.1, 0.15) is 25.3 Å². The van der Waals surface area contributed by atoms with Gasteiger partial charge >= 0.3 is 0 Å². The highest BCUT2D eigenvalue weighted by molar-refractivity contribution is 14.0. The van der Waals surface area contributed by atoms with Crippen LogP contribution in [0.2, 0.25) is 0 Å². The average Bonchev–Trinajstić information content (AvgIpc) is 3.18. The summed E-state index contributed by atoms with van der Waals surface area (Å²) < 4.78 is 0. The summed E-state index contributed by atoms with van der Waals surface area (Å²) >= 11 is 0. The number of amides is 1. The van der Waals surface area contributed by atoms with Crippen molar-refractivity contribution in [1.29, 1.82) is 0 Å². The number of para-hydroxylation sites is 1. The number of nitrogens with zero attached hydrogens (tertiary/aromatic N) is 4. The molecule has 0 radical (unpaired) electrons. The van der Waals surface area contributed by atoms with E-state index in [9.17, 15) is 4.79 Å². The number of hydrogen-bond acceptors (Lipinski definition) is 4. The van der Waals surface area contributed by atoms with Crippen LogP contribution in [0, 0.1) is 0 Å². The van der Waals surface area contributed by atoms with Gasteiger partial charge in [0.1, 0.15) is 5.82 Å². The van der Waals surface area contributed by atoms with Gasteiger partial charge in [0.25, 0.3) is 0 Å². The molecular weight excluding hydrogens is 479 g/mol. The van der Waals surface area contributed by atoms with Gasteiger partial charge in [-0.1, -0.05) is 25.1 Å². The first-order valence-electron chi connectivity index (χ1n) is 9.82. The van der Waals surface area contributed by atoms with Gasteiger partial charge in [-0.2, -0.15) is 0 Å². The number of carbonyl (C=O) groups excluding carboxylic acids is 1. The van der Waals surface area contributed by atoms with E-state index in [2.05, 4.69) is 27.8 Å². The lowest BCUT2D eigenvalue weighted by Crippen LogP contribution is -2.44. The van der Waals surface area contributed by atoms with Gasteiger partial charge in [0.15, 0.2) is 5.96 Å². The third-order valence-electron chi connectivity index (χ3n) is 5.10. The Morgan fingerprint density at radius 2 is 2.10 bits per heavy atom. The van der Waals surface area contributed by atoms with Crippen LogP contribution in [0.25, 0.3) is 10.9 Å². The Morgan fingerprint density at radius 1 is 1.34 bits per heavy atom. The maximum Gasteiger partial charge on any atom is 0.222 e. The largest absolute Gasteiger partial charge is 0.363 e. The molecule has 1 aromatic heterocycles. The molecule has 1 fully saturated rings. The molecule has 29 heavy (non-hydrogen) atoms. The van der Waals surface area contributed by atoms with Gasteiger partial charge in [-0.15, -0.1) is 24.0 Å². The molecule has 0 saturated carbocycles. The molecule has 1 saturated heterocycles. The molecule has 2 aromatic rings. The first-order valence-corrected chi connectivity index (χ1v) is 9.82. The molecule has 2 N–H and O–H groups in total. The Kier molecular flexibility index (Phi) is 8.48. The Morgan fingerprint density at radius 3 is 2.79 bits per heavy atom. The second-order valence-corrected chi connectivity index (χ2v) is 7.30. The monoisotopic (exact) mass is 510 g/mol. The highest BCUT2D eigenvalue weighted by atomic mass is 127. The average molecular weight is 510 g/mol. The molecule has 3 rings (SSSR count). The van der Waals surface area contributed by atoms with E-state index < -0.39 is 0 Å². The van der Waals surface area contributed by atoms with Crippen molar-refractivity contribution in [2.24, 2.45) is 4.99 Å². The van der Waals surface area contributed by atoms with Gasteiger partial charge in [-0.3, -0.25) is 9.79 Å². The molecule has 1 aromatic carbocycles. The lowest BCUT2D eigenvalue weighted by Gasteiger charge is -2.20. The van der Waals surface area contributed by atoms with Gasteiger partial charge in [-0.25, -0.2) is 4.98 Å². The summed E-state index contributed by atoms with van der Waals surface area (Å²) in [4.78, 5) is 24.9. The van der Waals surface area contributed by atoms with Crippen molar-refractivity contribution in [3.63, 3.8) is 0 Å². The van der Waals surface area contributed by atoms with Crippen molar-refractivity contribution < 1.29 is 4.79 Å². The predicted octanol–water partition coefficient (Wildman–Crippen LogP) is 2.59. The fourth-order valence-corrected chi connectivity index (χ4v) is 3.50. The van der Waals surface area contributed by atoms with Gasteiger partial charge in [0, 0.05) is 58.6 Å². The van der Waals surface area contributed by atoms with Crippen LogP contribution in [-0.2, 0) is 11.3 Å². The molecule has 1 unspecified atom stereocenters. The number of anilines is 1. The SMILES string of the molecule is CCC(=O)N1CCC(NC(=NC)NCc2cc(N(C)C)nc3ccccc23)C1.I. The van der Waals surface area contributed by atoms with Gasteiger partial charge in [0.2, 0.25) is 5.91 Å². The number of guanidine groups is 1. The fraction of sp³-hybridized carbons (Fsp3) is 0.476. The van der Waals surface area contributed by atoms with Gasteiger partial charge in [0.05, 0.1) is 5.52 Å². The van der Waals surface area contributed by atoms with Gasteiger partial charge < -0.3 is 20.4 Å². The highest BCUT2D eigenvalue weighted by Gasteiger charge is 2.25. The summed E-state index contributed by atoms with van der Waals surface area (Å²) in [5, 5.41) is 8.00. The maximum atomic E-state index is 11.9. The topological polar surface area (TPSA) is 72.9 Å². The second-order valence-electron chi connectivity index (χ2n) is 7.30. The van der Waals surface area contributed by atoms with Crippen molar-refractivity contribution >= 4 is 52.6 Å². The molecular formula is C21H31IN6O. The van der Waals surface area contributed by atoms with Crippen LogP contribution < -0.4 is 15.5 Å². The van der Waals surface area contributed by atoms with E-state index in [0.717, 1.165) is 42.2 Å². The standard InChI is InChI=1S/C21H30N6O.HI/c1-5-20(28)27-11-10-16(14-27)24-21(22-2)23-13-15-12-19(26(3)4)25-18-9-7-6-8-17(15)18;/h6-9,12,16H,5,10-11,13-14H2,1-4H3,(H2,22,23,24);1H. The van der Waals surface area contributed by atoms with E-state index in [0.29, 0.717) is 13.0 Å². The summed E-state index contributed by atoms with van der Waals surface area (Å²) in [5.41, 5.74) is 2.16. The Hall–Kier alpha value is -2.10. The van der Waals surface area contributed by atoms with Crippen LogP contribution in [-0.4, -0.2) is 62.0 Å². The van der Waals surface area contributed by atoms with Crippen molar-refractivity contribution in [2.75, 3.05) is 39.1 Å². The molecule has 8 heteroatoms. The predicted molar refractivity (Wildman–Crippen MR) is 130 cm³/mol. The number of aliphatic imine (C=N–C) groups is 1. The minimum absolute atomic E-state index is 0. The number of nitrogens with one attached hydrogen (secondary N) is 2. The summed E-state index contributed by atoms with van der Waals surface area (Å²) in [5.74, 6) is 1.90. The number of hydrogen-bond donors (Lipinski definition) is 2. The first-order chi connectivity index (χ1) is 13.5. The van der Waals surface area contributed by atoms with Crippen LogP contribution >= 0.6 is 24.0 Å². The number of halogens is 1. The molecule has 7 nitrogen and oxygen atoms in total. The van der Waals surface area contributed by atoms with E-state index in [1.807, 2.05) is 49.0 Å². The lowest BCUT2D eigenvalue weighted by molar-refractivity contribution is -0.129. The van der Waals surface area contributed by atoms with E-state index in [1.165, 1.54) is 5.56 Å². The van der Waals surface area contributed by atoms with Crippen LogP contribution in [0.3, 0.4) is 0 Å². The Bertz CT molecular complexity index is 869. The highest BCUT2D eigenvalue weighted by Crippen LogP contribution is 2.22. The maximum absolute atomic E-state index is 11.9. The zero-order chi connectivity index (χ0) is 20.1. The van der Waals surface area contributed by atoms with Crippen molar-refractivity contribution in [3.8, 4) is 0 Å².